The third kappa shape index (κ3) is 7.33. The summed E-state index contributed by atoms with van der Waals surface area (Å²) >= 11 is 0. The van der Waals surface area contributed by atoms with Crippen LogP contribution in [-0.4, -0.2) is 118 Å². The number of piperidine rings is 1. The summed E-state index contributed by atoms with van der Waals surface area (Å²) in [7, 11) is 1.37. The molecule has 7 atom stereocenters. The molecule has 0 bridgehead atoms. The molecule has 1 saturated carbocycles. The van der Waals surface area contributed by atoms with E-state index in [-0.39, 0.29) is 100 Å². The van der Waals surface area contributed by atoms with Gasteiger partial charge in [-0.1, -0.05) is 18.4 Å². The van der Waals surface area contributed by atoms with E-state index in [1.54, 1.807) is 11.8 Å². The Morgan fingerprint density at radius 2 is 1.84 bits per heavy atom. The largest absolute Gasteiger partial charge is 0.508 e. The fourth-order valence-corrected chi connectivity index (χ4v) is 10.1. The lowest BCUT2D eigenvalue weighted by atomic mass is 9.74. The molecule has 3 aliphatic heterocycles. The first kappa shape index (κ1) is 39.4. The van der Waals surface area contributed by atoms with Crippen LogP contribution in [0.25, 0.3) is 32.9 Å². The van der Waals surface area contributed by atoms with Crippen molar-refractivity contribution in [2.75, 3.05) is 51.5 Å². The van der Waals surface area contributed by atoms with Crippen LogP contribution in [0.4, 0.5) is 14.6 Å². The first-order chi connectivity index (χ1) is 27.3. The fourth-order valence-electron chi connectivity index (χ4n) is 10.1. The lowest BCUT2D eigenvalue weighted by Crippen LogP contribution is -2.57. The number of pyridine rings is 1. The number of terminal acetylenes is 1. The molecule has 4 aliphatic rings. The summed E-state index contributed by atoms with van der Waals surface area (Å²) in [5, 5.41) is 32.9. The molecule has 3 unspecified atom stereocenters. The Labute approximate surface area is 331 Å². The van der Waals surface area contributed by atoms with Gasteiger partial charge >= 0.3 is 6.01 Å². The highest BCUT2D eigenvalue weighted by Crippen LogP contribution is 2.50. The SMILES string of the molecule is C#Cc1c(F)ccc2cc(O)cc(-c3nc(OC)c4c(N5C[C@@H](CO)OCC(C)(O)C5)nc(OC[C@]56CCCC5N(C5C[C@@H](C)O[C@@H](C)C5)CCC6)nc4c3F)c12. The van der Waals surface area contributed by atoms with Crippen molar-refractivity contribution in [2.45, 2.75) is 102 Å². The number of benzene rings is 2. The first-order valence-electron chi connectivity index (χ1n) is 19.9. The van der Waals surface area contributed by atoms with E-state index in [4.69, 9.17) is 35.3 Å². The molecule has 3 N–H and O–H groups in total. The summed E-state index contributed by atoms with van der Waals surface area (Å²) in [6, 6.07) is 5.97. The number of phenols is 1. The van der Waals surface area contributed by atoms with Crippen molar-refractivity contribution in [3.8, 4) is 41.2 Å². The van der Waals surface area contributed by atoms with E-state index in [1.807, 2.05) is 0 Å². The third-order valence-corrected chi connectivity index (χ3v) is 12.4. The number of ether oxygens (including phenoxy) is 4. The average molecular weight is 788 g/mol. The van der Waals surface area contributed by atoms with Gasteiger partial charge in [0.2, 0.25) is 5.88 Å². The molecule has 2 aromatic heterocycles. The highest BCUT2D eigenvalue weighted by molar-refractivity contribution is 6.04. The summed E-state index contributed by atoms with van der Waals surface area (Å²) in [4.78, 5) is 18.6. The van der Waals surface area contributed by atoms with E-state index in [1.165, 1.54) is 31.4 Å². The summed E-state index contributed by atoms with van der Waals surface area (Å²) in [5.74, 6) is 0.671. The number of aliphatic hydroxyl groups is 2. The lowest BCUT2D eigenvalue weighted by Gasteiger charge is -2.51. The maximum absolute atomic E-state index is 17.5. The van der Waals surface area contributed by atoms with Crippen molar-refractivity contribution in [1.29, 1.82) is 0 Å². The van der Waals surface area contributed by atoms with Crippen LogP contribution in [0.5, 0.6) is 17.6 Å². The number of hydrogen-bond donors (Lipinski definition) is 3. The van der Waals surface area contributed by atoms with Crippen molar-refractivity contribution in [2.24, 2.45) is 5.41 Å². The number of fused-ring (bicyclic) bond motifs is 3. The number of methoxy groups -OCH3 is 1. The summed E-state index contributed by atoms with van der Waals surface area (Å²) in [5.41, 5.74) is -2.11. The predicted octanol–water partition coefficient (Wildman–Crippen LogP) is 5.74. The zero-order valence-corrected chi connectivity index (χ0v) is 32.9. The van der Waals surface area contributed by atoms with Crippen molar-refractivity contribution < 1.29 is 43.0 Å². The Balaban J connectivity index is 1.27. The number of aromatic hydroxyl groups is 1. The van der Waals surface area contributed by atoms with Gasteiger partial charge in [-0.05, 0) is 89.4 Å². The molecule has 4 fully saturated rings. The van der Waals surface area contributed by atoms with Gasteiger partial charge in [-0.3, -0.25) is 4.90 Å². The molecule has 3 saturated heterocycles. The molecule has 304 valence electrons. The monoisotopic (exact) mass is 787 g/mol. The van der Waals surface area contributed by atoms with Crippen LogP contribution in [0.2, 0.25) is 0 Å². The zero-order valence-electron chi connectivity index (χ0n) is 32.9. The molecular weight excluding hydrogens is 736 g/mol. The van der Waals surface area contributed by atoms with Gasteiger partial charge in [0.25, 0.3) is 0 Å². The number of nitrogens with zero attached hydrogens (tertiary/aromatic N) is 5. The number of aliphatic hydroxyl groups excluding tert-OH is 1. The second-order valence-corrected chi connectivity index (χ2v) is 16.8. The molecule has 0 amide bonds. The third-order valence-electron chi connectivity index (χ3n) is 12.4. The minimum atomic E-state index is -1.38. The summed E-state index contributed by atoms with van der Waals surface area (Å²) in [6.45, 7) is 6.94. The van der Waals surface area contributed by atoms with Crippen molar-refractivity contribution in [1.82, 2.24) is 19.9 Å². The highest BCUT2D eigenvalue weighted by Gasteiger charge is 2.51. The minimum Gasteiger partial charge on any atom is -0.508 e. The van der Waals surface area contributed by atoms with E-state index in [2.05, 4.69) is 29.7 Å². The summed E-state index contributed by atoms with van der Waals surface area (Å²) in [6.07, 6.45) is 12.5. The van der Waals surface area contributed by atoms with Crippen molar-refractivity contribution in [3.63, 3.8) is 0 Å². The first-order valence-corrected chi connectivity index (χ1v) is 19.9. The highest BCUT2D eigenvalue weighted by atomic mass is 19.1. The summed E-state index contributed by atoms with van der Waals surface area (Å²) < 4.78 is 57.0. The molecule has 4 aromatic rings. The van der Waals surface area contributed by atoms with Crippen LogP contribution in [0.15, 0.2) is 24.3 Å². The van der Waals surface area contributed by atoms with E-state index < -0.39 is 23.3 Å². The van der Waals surface area contributed by atoms with Gasteiger partial charge < -0.3 is 39.2 Å². The number of halogens is 2. The smallest absolute Gasteiger partial charge is 0.319 e. The number of β-amino-alcohol motifs (C(OH)–C–C–N with tert-alkyl or cyclic N) is 1. The topological polar surface area (TPSA) is 143 Å². The van der Waals surface area contributed by atoms with Crippen molar-refractivity contribution >= 4 is 27.5 Å². The number of likely N-dealkylation sites (tertiary alicyclic amines) is 1. The van der Waals surface area contributed by atoms with Gasteiger partial charge in [0.05, 0.1) is 57.4 Å². The Morgan fingerprint density at radius 3 is 2.58 bits per heavy atom. The molecular formula is C43H51F2N5O7. The van der Waals surface area contributed by atoms with E-state index in [0.29, 0.717) is 24.1 Å². The van der Waals surface area contributed by atoms with E-state index in [0.717, 1.165) is 51.5 Å². The molecule has 8 rings (SSSR count). The van der Waals surface area contributed by atoms with Crippen LogP contribution in [-0.2, 0) is 9.47 Å². The van der Waals surface area contributed by atoms with Crippen LogP contribution in [0.1, 0.15) is 71.3 Å². The molecule has 0 radical (unpaired) electrons. The standard InChI is InChI=1S/C43H51F2N5O7/c1-6-30-32(44)11-10-26-17-28(52)18-31(34(26)30)37-36(45)38-35(40(46-37)54-5)39(49-19-29(20-51)55-22-42(4,53)21-49)48-41(47-38)56-23-43-12-7-9-33(43)50(14-8-13-43)27-15-24(2)57-25(3)16-27/h1,10-11,17-18,24-25,27,29,33,51-53H,7-9,12-16,19-23H2,2-5H3/t24-,25+,27?,29-,33?,42?,43+/m0/s1. The van der Waals surface area contributed by atoms with Gasteiger partial charge in [0.1, 0.15) is 39.6 Å². The quantitative estimate of drug-likeness (QED) is 0.188. The second kappa shape index (κ2) is 15.4. The normalized spacial score (nSPS) is 29.6. The van der Waals surface area contributed by atoms with E-state index in [9.17, 15) is 15.3 Å². The zero-order chi connectivity index (χ0) is 40.2. The van der Waals surface area contributed by atoms with Crippen LogP contribution < -0.4 is 14.4 Å². The number of hydrogen-bond acceptors (Lipinski definition) is 12. The van der Waals surface area contributed by atoms with Gasteiger partial charge in [-0.15, -0.1) is 6.42 Å². The van der Waals surface area contributed by atoms with Crippen LogP contribution >= 0.6 is 0 Å². The Morgan fingerprint density at radius 1 is 1.07 bits per heavy atom. The lowest BCUT2D eigenvalue weighted by molar-refractivity contribution is -0.0967. The van der Waals surface area contributed by atoms with Gasteiger partial charge in [-0.25, -0.2) is 13.8 Å². The maximum atomic E-state index is 17.5. The Hall–Kier alpha value is -4.39. The van der Waals surface area contributed by atoms with Crippen molar-refractivity contribution in [3.05, 3.63) is 41.5 Å². The predicted molar refractivity (Wildman–Crippen MR) is 211 cm³/mol. The van der Waals surface area contributed by atoms with Gasteiger partial charge in [0.15, 0.2) is 5.82 Å². The molecule has 2 aromatic carbocycles. The number of rotatable bonds is 8. The minimum absolute atomic E-state index is 0.00645. The van der Waals surface area contributed by atoms with E-state index >= 15 is 8.78 Å². The Bertz CT molecular complexity index is 2210. The average Bonchev–Trinajstić information content (AvgIpc) is 3.55. The fraction of sp³-hybridized carbons (Fsp3) is 0.558. The molecule has 5 heterocycles. The molecule has 57 heavy (non-hydrogen) atoms. The number of phenolic OH excluding ortho intramolecular Hbond substituents is 1. The second-order valence-electron chi connectivity index (χ2n) is 16.8. The molecule has 14 heteroatoms. The van der Waals surface area contributed by atoms with Gasteiger partial charge in [-0.2, -0.15) is 9.97 Å². The van der Waals surface area contributed by atoms with Crippen LogP contribution in [0, 0.1) is 29.4 Å². The van der Waals surface area contributed by atoms with Gasteiger partial charge in [0, 0.05) is 35.0 Å². The molecule has 12 nitrogen and oxygen atoms in total. The maximum Gasteiger partial charge on any atom is 0.319 e. The number of aromatic nitrogens is 3. The molecule has 1 aliphatic carbocycles. The number of anilines is 1. The Kier molecular flexibility index (Phi) is 10.7. The molecule has 0 spiro atoms. The van der Waals surface area contributed by atoms with Crippen LogP contribution in [0.3, 0.4) is 0 Å².